The van der Waals surface area contributed by atoms with Crippen molar-refractivity contribution in [3.8, 4) is 11.5 Å². The van der Waals surface area contributed by atoms with Gasteiger partial charge >= 0.3 is 0 Å². The smallest absolute Gasteiger partial charge is 0.266 e. The van der Waals surface area contributed by atoms with Gasteiger partial charge in [0.1, 0.15) is 11.5 Å². The molecular formula is C22H26ClN3O3S. The first-order valence-corrected chi connectivity index (χ1v) is 11.0. The molecule has 1 heterocycles. The fourth-order valence-electron chi connectivity index (χ4n) is 2.89. The minimum atomic E-state index is -0.132. The molecule has 2 aromatic carbocycles. The molecule has 0 radical (unpaired) electrons. The maximum atomic E-state index is 13.0. The zero-order chi connectivity index (χ0) is 21.5. The van der Waals surface area contributed by atoms with Gasteiger partial charge in [0.2, 0.25) is 0 Å². The fourth-order valence-corrected chi connectivity index (χ4v) is 4.05. The van der Waals surface area contributed by atoms with Gasteiger partial charge in [0, 0.05) is 11.6 Å². The topological polar surface area (TPSA) is 54.9 Å². The van der Waals surface area contributed by atoms with Crippen LogP contribution < -0.4 is 14.4 Å². The number of carbonyl (C=O) groups is 1. The number of anilines is 1. The third kappa shape index (κ3) is 6.08. The van der Waals surface area contributed by atoms with Crippen molar-refractivity contribution in [2.75, 3.05) is 45.3 Å². The number of ether oxygens (including phenoxy) is 2. The Balaban J connectivity index is 1.77. The number of rotatable bonds is 10. The van der Waals surface area contributed by atoms with E-state index >= 15 is 0 Å². The lowest BCUT2D eigenvalue weighted by Gasteiger charge is -2.21. The Labute approximate surface area is 186 Å². The van der Waals surface area contributed by atoms with Crippen molar-refractivity contribution in [3.63, 3.8) is 0 Å². The van der Waals surface area contributed by atoms with E-state index in [0.717, 1.165) is 28.9 Å². The molecular weight excluding hydrogens is 422 g/mol. The first-order chi connectivity index (χ1) is 14.5. The molecule has 3 aromatic rings. The molecule has 0 spiro atoms. The van der Waals surface area contributed by atoms with Gasteiger partial charge in [-0.2, -0.15) is 0 Å². The summed E-state index contributed by atoms with van der Waals surface area (Å²) in [5.41, 5.74) is 0.850. The number of halogens is 1. The lowest BCUT2D eigenvalue weighted by molar-refractivity contribution is -0.120. The highest BCUT2D eigenvalue weighted by atomic mass is 35.5. The van der Waals surface area contributed by atoms with Gasteiger partial charge in [0.05, 0.1) is 16.8 Å². The second-order valence-corrected chi connectivity index (χ2v) is 8.45. The molecule has 0 aliphatic carbocycles. The molecule has 0 fully saturated rings. The molecule has 0 aliphatic rings. The Morgan fingerprint density at radius 3 is 2.50 bits per heavy atom. The van der Waals surface area contributed by atoms with Crippen LogP contribution in [0.25, 0.3) is 10.2 Å². The maximum absolute atomic E-state index is 13.0. The van der Waals surface area contributed by atoms with Crippen LogP contribution in [0, 0.1) is 0 Å². The van der Waals surface area contributed by atoms with Crippen molar-refractivity contribution in [1.82, 2.24) is 9.88 Å². The van der Waals surface area contributed by atoms with Crippen molar-refractivity contribution in [1.29, 1.82) is 0 Å². The predicted octanol–water partition coefficient (Wildman–Crippen LogP) is 4.71. The lowest BCUT2D eigenvalue weighted by atomic mass is 10.3. The Bertz CT molecular complexity index is 975. The summed E-state index contributed by atoms with van der Waals surface area (Å²) in [6.07, 6.45) is 0.833. The van der Waals surface area contributed by atoms with Crippen LogP contribution in [0.3, 0.4) is 0 Å². The zero-order valence-corrected chi connectivity index (χ0v) is 19.0. The summed E-state index contributed by atoms with van der Waals surface area (Å²) in [5, 5.41) is 1.29. The molecule has 8 heteroatoms. The summed E-state index contributed by atoms with van der Waals surface area (Å²) < 4.78 is 12.2. The second kappa shape index (κ2) is 10.6. The van der Waals surface area contributed by atoms with E-state index in [0.29, 0.717) is 29.1 Å². The van der Waals surface area contributed by atoms with E-state index in [9.17, 15) is 4.79 Å². The molecule has 3 rings (SSSR count). The highest BCUT2D eigenvalue weighted by Gasteiger charge is 2.20. The first kappa shape index (κ1) is 22.3. The third-order valence-electron chi connectivity index (χ3n) is 4.35. The zero-order valence-electron chi connectivity index (χ0n) is 17.4. The highest BCUT2D eigenvalue weighted by Crippen LogP contribution is 2.32. The van der Waals surface area contributed by atoms with E-state index in [1.165, 1.54) is 11.3 Å². The number of aromatic nitrogens is 1. The summed E-state index contributed by atoms with van der Waals surface area (Å²) >= 11 is 7.39. The minimum absolute atomic E-state index is 0.0658. The van der Waals surface area contributed by atoms with Crippen molar-refractivity contribution in [3.05, 3.63) is 47.5 Å². The van der Waals surface area contributed by atoms with Crippen molar-refractivity contribution >= 4 is 44.2 Å². The average molecular weight is 448 g/mol. The monoisotopic (exact) mass is 447 g/mol. The van der Waals surface area contributed by atoms with Gasteiger partial charge in [-0.1, -0.05) is 22.9 Å². The quantitative estimate of drug-likeness (QED) is 0.450. The largest absolute Gasteiger partial charge is 0.494 e. The van der Waals surface area contributed by atoms with Crippen molar-refractivity contribution in [2.24, 2.45) is 0 Å². The van der Waals surface area contributed by atoms with E-state index in [4.69, 9.17) is 21.1 Å². The maximum Gasteiger partial charge on any atom is 0.266 e. The average Bonchev–Trinajstić information content (AvgIpc) is 3.13. The van der Waals surface area contributed by atoms with Gasteiger partial charge in [-0.15, -0.1) is 0 Å². The molecule has 0 aliphatic heterocycles. The second-order valence-electron chi connectivity index (χ2n) is 7.00. The summed E-state index contributed by atoms with van der Waals surface area (Å²) in [4.78, 5) is 21.5. The van der Waals surface area contributed by atoms with Gasteiger partial charge in [0.15, 0.2) is 11.7 Å². The molecule has 160 valence electrons. The molecule has 1 aromatic heterocycles. The van der Waals surface area contributed by atoms with E-state index in [1.54, 1.807) is 29.2 Å². The first-order valence-electron chi connectivity index (χ1n) is 9.83. The molecule has 0 unspecified atom stereocenters. The normalized spacial score (nSPS) is 11.1. The lowest BCUT2D eigenvalue weighted by Crippen LogP contribution is -2.36. The van der Waals surface area contributed by atoms with E-state index in [2.05, 4.69) is 9.88 Å². The van der Waals surface area contributed by atoms with Gasteiger partial charge in [-0.3, -0.25) is 9.69 Å². The predicted molar refractivity (Wildman–Crippen MR) is 123 cm³/mol. The Morgan fingerprint density at radius 2 is 1.80 bits per heavy atom. The number of benzene rings is 2. The minimum Gasteiger partial charge on any atom is -0.494 e. The molecule has 30 heavy (non-hydrogen) atoms. The number of amides is 1. The Hall–Kier alpha value is -2.35. The molecule has 6 nitrogen and oxygen atoms in total. The van der Waals surface area contributed by atoms with Crippen LogP contribution in [-0.2, 0) is 4.79 Å². The number of nitrogens with zero attached hydrogens (tertiary/aromatic N) is 3. The molecule has 0 bridgehead atoms. The SMILES string of the molecule is CCOc1ccc2nc(N(CCCN(C)C)C(=O)COc3ccc(Cl)cc3)sc2c1. The fraction of sp³-hybridized carbons (Fsp3) is 0.364. The van der Waals surface area contributed by atoms with Crippen LogP contribution in [0.4, 0.5) is 5.13 Å². The van der Waals surface area contributed by atoms with Crippen LogP contribution in [0.5, 0.6) is 11.5 Å². The van der Waals surface area contributed by atoms with Crippen LogP contribution in [-0.4, -0.2) is 56.2 Å². The van der Waals surface area contributed by atoms with Crippen LogP contribution >= 0.6 is 22.9 Å². The Kier molecular flexibility index (Phi) is 7.90. The molecule has 0 N–H and O–H groups in total. The van der Waals surface area contributed by atoms with E-state index in [-0.39, 0.29) is 12.5 Å². The Morgan fingerprint density at radius 1 is 1.07 bits per heavy atom. The van der Waals surface area contributed by atoms with Crippen LogP contribution in [0.15, 0.2) is 42.5 Å². The molecule has 0 saturated heterocycles. The van der Waals surface area contributed by atoms with Gasteiger partial charge in [-0.05, 0) is 76.4 Å². The standard InChI is InChI=1S/C22H26ClN3O3S/c1-4-28-18-10-11-19-20(14-18)30-22(24-19)26(13-5-12-25(2)3)21(27)15-29-17-8-6-16(23)7-9-17/h6-11,14H,4-5,12-13,15H2,1-3H3. The van der Waals surface area contributed by atoms with Crippen molar-refractivity contribution < 1.29 is 14.3 Å². The van der Waals surface area contributed by atoms with Gasteiger partial charge in [-0.25, -0.2) is 4.98 Å². The summed E-state index contributed by atoms with van der Waals surface area (Å²) in [7, 11) is 4.03. The number of carbonyl (C=O) groups excluding carboxylic acids is 1. The van der Waals surface area contributed by atoms with E-state index in [1.807, 2.05) is 39.2 Å². The highest BCUT2D eigenvalue weighted by molar-refractivity contribution is 7.22. The molecule has 0 saturated carbocycles. The summed E-state index contributed by atoms with van der Waals surface area (Å²) in [6, 6.07) is 12.8. The number of fused-ring (bicyclic) bond motifs is 1. The van der Waals surface area contributed by atoms with Crippen molar-refractivity contribution in [2.45, 2.75) is 13.3 Å². The number of hydrogen-bond donors (Lipinski definition) is 0. The number of hydrogen-bond acceptors (Lipinski definition) is 6. The summed E-state index contributed by atoms with van der Waals surface area (Å²) in [6.45, 7) is 3.94. The van der Waals surface area contributed by atoms with Gasteiger partial charge in [0.25, 0.3) is 5.91 Å². The molecule has 0 atom stereocenters. The number of thiazole rings is 1. The third-order valence-corrected chi connectivity index (χ3v) is 5.65. The summed E-state index contributed by atoms with van der Waals surface area (Å²) in [5.74, 6) is 1.27. The van der Waals surface area contributed by atoms with Crippen LogP contribution in [0.1, 0.15) is 13.3 Å². The van der Waals surface area contributed by atoms with Crippen LogP contribution in [0.2, 0.25) is 5.02 Å². The van der Waals surface area contributed by atoms with Gasteiger partial charge < -0.3 is 14.4 Å². The van der Waals surface area contributed by atoms with E-state index < -0.39 is 0 Å². The molecule has 1 amide bonds.